The van der Waals surface area contributed by atoms with Crippen LogP contribution in [0.4, 0.5) is 0 Å². The maximum absolute atomic E-state index is 11.7. The first-order valence-corrected chi connectivity index (χ1v) is 11.6. The average molecular weight is 410 g/mol. The van der Waals surface area contributed by atoms with Crippen LogP contribution >= 0.6 is 0 Å². The molecule has 0 atom stereocenters. The molecule has 0 fully saturated rings. The third kappa shape index (κ3) is 8.92. The van der Waals surface area contributed by atoms with Crippen LogP contribution in [0, 0.1) is 0 Å². The van der Waals surface area contributed by atoms with Crippen molar-refractivity contribution >= 4 is 31.1 Å². The smallest absolute Gasteiger partial charge is 0.331 e. The van der Waals surface area contributed by atoms with E-state index < -0.39 is 26.3 Å². The highest BCUT2D eigenvalue weighted by molar-refractivity contribution is 6.85. The molecule has 0 aliphatic heterocycles. The van der Waals surface area contributed by atoms with Gasteiger partial charge in [0.25, 0.3) is 0 Å². The molecule has 2 aromatic rings. The predicted octanol–water partition coefficient (Wildman–Crippen LogP) is 3.52. The molecular weight excluding hydrogens is 380 g/mol. The second-order valence-corrected chi connectivity index (χ2v) is 10.3. The van der Waals surface area contributed by atoms with Crippen LogP contribution < -0.4 is 10.4 Å². The van der Waals surface area contributed by atoms with E-state index in [-0.39, 0.29) is 0 Å². The summed E-state index contributed by atoms with van der Waals surface area (Å²) in [6, 6.07) is 22.3. The third-order valence-corrected chi connectivity index (χ3v) is 6.99. The normalized spacial score (nSPS) is 11.6. The van der Waals surface area contributed by atoms with Crippen molar-refractivity contribution in [2.75, 3.05) is 6.61 Å². The van der Waals surface area contributed by atoms with Crippen LogP contribution in [-0.2, 0) is 19.1 Å². The Balaban J connectivity index is 1.78. The molecule has 0 unspecified atom stereocenters. The Kier molecular flexibility index (Phi) is 8.87. The Hall–Kier alpha value is -2.66. The molecule has 0 spiro atoms. The molecule has 5 heteroatoms. The van der Waals surface area contributed by atoms with Crippen LogP contribution in [-0.4, -0.2) is 32.9 Å². The molecule has 0 aliphatic rings. The molecule has 0 saturated heterocycles. The van der Waals surface area contributed by atoms with Crippen molar-refractivity contribution in [2.24, 2.45) is 0 Å². The zero-order chi connectivity index (χ0) is 21.1. The van der Waals surface area contributed by atoms with Crippen LogP contribution in [0.1, 0.15) is 33.6 Å². The largest absolute Gasteiger partial charge is 0.463 e. The van der Waals surface area contributed by atoms with Gasteiger partial charge in [0.15, 0.2) is 0 Å². The molecule has 2 aromatic carbocycles. The summed E-state index contributed by atoms with van der Waals surface area (Å²) in [4.78, 5) is 23.3. The lowest BCUT2D eigenvalue weighted by Gasteiger charge is -2.17. The van der Waals surface area contributed by atoms with Gasteiger partial charge in [-0.1, -0.05) is 83.5 Å². The van der Waals surface area contributed by atoms with E-state index in [1.54, 1.807) is 20.8 Å². The van der Waals surface area contributed by atoms with Crippen molar-refractivity contribution in [3.63, 3.8) is 0 Å². The quantitative estimate of drug-likeness (QED) is 0.275. The first-order chi connectivity index (χ1) is 13.8. The number of ether oxygens (including phenoxy) is 2. The number of rotatable bonds is 9. The van der Waals surface area contributed by atoms with Crippen molar-refractivity contribution in [1.29, 1.82) is 0 Å². The van der Waals surface area contributed by atoms with Gasteiger partial charge in [-0.3, -0.25) is 0 Å². The Morgan fingerprint density at radius 3 is 1.86 bits per heavy atom. The van der Waals surface area contributed by atoms with Gasteiger partial charge in [0, 0.05) is 12.2 Å². The number of esters is 2. The second-order valence-electron chi connectivity index (χ2n) is 7.70. The van der Waals surface area contributed by atoms with Crippen molar-refractivity contribution < 1.29 is 19.1 Å². The number of carbonyl (C=O) groups is 2. The van der Waals surface area contributed by atoms with Crippen LogP contribution in [0.15, 0.2) is 72.8 Å². The predicted molar refractivity (Wildman–Crippen MR) is 118 cm³/mol. The van der Waals surface area contributed by atoms with Gasteiger partial charge in [0.1, 0.15) is 14.4 Å². The Bertz CT molecular complexity index is 755. The topological polar surface area (TPSA) is 52.6 Å². The number of unbranched alkanes of at least 4 members (excludes halogenated alkanes) is 1. The first-order valence-electron chi connectivity index (χ1n) is 9.89. The fraction of sp³-hybridized carbons (Fsp3) is 0.333. The van der Waals surface area contributed by atoms with E-state index in [0.717, 1.165) is 31.0 Å². The second kappa shape index (κ2) is 11.4. The van der Waals surface area contributed by atoms with E-state index in [1.807, 2.05) is 12.1 Å². The van der Waals surface area contributed by atoms with Crippen LogP contribution in [0.2, 0.25) is 6.04 Å². The van der Waals surface area contributed by atoms with E-state index in [9.17, 15) is 9.59 Å². The molecule has 0 saturated carbocycles. The first kappa shape index (κ1) is 22.6. The van der Waals surface area contributed by atoms with Gasteiger partial charge in [0.05, 0.1) is 6.61 Å². The summed E-state index contributed by atoms with van der Waals surface area (Å²) < 4.78 is 10.3. The van der Waals surface area contributed by atoms with Crippen molar-refractivity contribution in [1.82, 2.24) is 0 Å². The van der Waals surface area contributed by atoms with Gasteiger partial charge >= 0.3 is 11.9 Å². The summed E-state index contributed by atoms with van der Waals surface area (Å²) in [6.07, 6.45) is 4.00. The fourth-order valence-electron chi connectivity index (χ4n) is 2.83. The number of hydrogen-bond acceptors (Lipinski definition) is 4. The molecule has 0 aliphatic carbocycles. The van der Waals surface area contributed by atoms with E-state index in [2.05, 4.69) is 48.5 Å². The van der Waals surface area contributed by atoms with E-state index in [0.29, 0.717) is 6.61 Å². The summed E-state index contributed by atoms with van der Waals surface area (Å²) >= 11 is 0. The van der Waals surface area contributed by atoms with Crippen molar-refractivity contribution in [2.45, 2.75) is 45.3 Å². The van der Waals surface area contributed by atoms with Crippen molar-refractivity contribution in [3.8, 4) is 0 Å². The highest BCUT2D eigenvalue weighted by atomic mass is 28.3. The highest BCUT2D eigenvalue weighted by Gasteiger charge is 2.16. The van der Waals surface area contributed by atoms with E-state index in [1.165, 1.54) is 10.4 Å². The van der Waals surface area contributed by atoms with Gasteiger partial charge in [-0.2, -0.15) is 0 Å². The highest BCUT2D eigenvalue weighted by Crippen LogP contribution is 2.07. The third-order valence-electron chi connectivity index (χ3n) is 4.07. The number of hydrogen-bond donors (Lipinski definition) is 0. The monoisotopic (exact) mass is 409 g/mol. The minimum absolute atomic E-state index is 0.343. The van der Waals surface area contributed by atoms with Gasteiger partial charge in [-0.25, -0.2) is 9.59 Å². The zero-order valence-corrected chi connectivity index (χ0v) is 18.4. The standard InChI is InChI=1S/C24H29O4Si/c1-24(2,3)28-23(26)17-16-22(25)27-18-10-11-19-29(20-12-6-4-7-13-20)21-14-8-5-9-15-21/h4-9,12-17H,10-11,18-19H2,1-3H3/b17-16+. The molecule has 0 amide bonds. The molecule has 153 valence electrons. The molecule has 4 nitrogen and oxygen atoms in total. The van der Waals surface area contributed by atoms with E-state index >= 15 is 0 Å². The minimum atomic E-state index is -0.854. The minimum Gasteiger partial charge on any atom is -0.463 e. The Labute approximate surface area is 175 Å². The summed E-state index contributed by atoms with van der Waals surface area (Å²) in [6.45, 7) is 5.67. The van der Waals surface area contributed by atoms with Crippen LogP contribution in [0.25, 0.3) is 0 Å². The van der Waals surface area contributed by atoms with Gasteiger partial charge in [-0.05, 0) is 27.2 Å². The maximum atomic E-state index is 11.7. The Morgan fingerprint density at radius 2 is 1.34 bits per heavy atom. The maximum Gasteiger partial charge on any atom is 0.331 e. The lowest BCUT2D eigenvalue weighted by Crippen LogP contribution is -2.41. The molecule has 0 N–H and O–H groups in total. The molecule has 2 rings (SSSR count). The Morgan fingerprint density at radius 1 is 0.828 bits per heavy atom. The molecule has 0 heterocycles. The fourth-order valence-corrected chi connectivity index (χ4v) is 5.53. The SMILES string of the molecule is CC(C)(C)OC(=O)/C=C/C(=O)OCCCC[Si](c1ccccc1)c1ccccc1. The summed E-state index contributed by atoms with van der Waals surface area (Å²) in [5.41, 5.74) is -0.581. The van der Waals surface area contributed by atoms with Crippen molar-refractivity contribution in [3.05, 3.63) is 72.8 Å². The van der Waals surface area contributed by atoms with Crippen LogP contribution in [0.5, 0.6) is 0 Å². The molecular formula is C24H29O4Si. The lowest BCUT2D eigenvalue weighted by atomic mass is 10.2. The van der Waals surface area contributed by atoms with E-state index in [4.69, 9.17) is 9.47 Å². The van der Waals surface area contributed by atoms with Gasteiger partial charge in [0.2, 0.25) is 0 Å². The zero-order valence-electron chi connectivity index (χ0n) is 17.4. The van der Waals surface area contributed by atoms with Gasteiger partial charge < -0.3 is 9.47 Å². The summed E-state index contributed by atoms with van der Waals surface area (Å²) in [7, 11) is -0.854. The van der Waals surface area contributed by atoms with Gasteiger partial charge in [-0.15, -0.1) is 0 Å². The average Bonchev–Trinajstić information content (AvgIpc) is 2.69. The molecule has 0 bridgehead atoms. The van der Waals surface area contributed by atoms with Crippen LogP contribution in [0.3, 0.4) is 0 Å². The lowest BCUT2D eigenvalue weighted by molar-refractivity contribution is -0.149. The number of benzene rings is 2. The summed E-state index contributed by atoms with van der Waals surface area (Å²) in [5.74, 6) is -1.07. The summed E-state index contributed by atoms with van der Waals surface area (Å²) in [5, 5.41) is 2.78. The number of carbonyl (C=O) groups excluding carboxylic acids is 2. The molecule has 0 aromatic heterocycles. The molecule has 29 heavy (non-hydrogen) atoms. The molecule has 1 radical (unpaired) electrons.